The number of H-pyrrole nitrogens is 1. The van der Waals surface area contributed by atoms with E-state index >= 15 is 0 Å². The summed E-state index contributed by atoms with van der Waals surface area (Å²) in [6.07, 6.45) is 2.19. The number of carbonyl (C=O) groups excluding carboxylic acids is 2. The third kappa shape index (κ3) is 4.24. The van der Waals surface area contributed by atoms with Gasteiger partial charge in [0.25, 0.3) is 5.91 Å². The van der Waals surface area contributed by atoms with Crippen LogP contribution in [0.4, 0.5) is 0 Å². The number of benzene rings is 1. The smallest absolute Gasteiger partial charge is 0.271 e. The van der Waals surface area contributed by atoms with E-state index < -0.39 is 0 Å². The van der Waals surface area contributed by atoms with Gasteiger partial charge in [0, 0.05) is 37.3 Å². The van der Waals surface area contributed by atoms with E-state index in [0.717, 1.165) is 5.56 Å². The van der Waals surface area contributed by atoms with Gasteiger partial charge in [0.15, 0.2) is 0 Å². The van der Waals surface area contributed by atoms with Crippen LogP contribution in [0.1, 0.15) is 23.0 Å². The van der Waals surface area contributed by atoms with Gasteiger partial charge in [-0.3, -0.25) is 14.7 Å². The van der Waals surface area contributed by atoms with E-state index in [4.69, 9.17) is 0 Å². The molecule has 1 N–H and O–H groups in total. The van der Waals surface area contributed by atoms with Crippen molar-refractivity contribution in [3.05, 3.63) is 65.3 Å². The molecule has 1 saturated heterocycles. The average molecular weight is 409 g/mol. The first-order valence-electron chi connectivity index (χ1n) is 9.86. The van der Waals surface area contributed by atoms with Crippen LogP contribution in [0.25, 0.3) is 10.4 Å². The first-order valence-corrected chi connectivity index (χ1v) is 10.7. The molecule has 1 aliphatic heterocycles. The molecule has 1 aliphatic rings. The Kier molecular flexibility index (Phi) is 5.76. The Morgan fingerprint density at radius 1 is 1.21 bits per heavy atom. The minimum absolute atomic E-state index is 0.105. The lowest BCUT2D eigenvalue weighted by molar-refractivity contribution is -0.134. The van der Waals surface area contributed by atoms with Crippen LogP contribution in [0.3, 0.4) is 0 Å². The highest BCUT2D eigenvalue weighted by Gasteiger charge is 2.32. The molecule has 0 spiro atoms. The summed E-state index contributed by atoms with van der Waals surface area (Å²) >= 11 is 1.71. The number of amides is 2. The Hall–Kier alpha value is -2.93. The van der Waals surface area contributed by atoms with Crippen LogP contribution in [-0.4, -0.2) is 58.0 Å². The van der Waals surface area contributed by atoms with Gasteiger partial charge in [0.05, 0.1) is 5.92 Å². The number of nitrogens with one attached hydrogen (secondary N) is 1. The molecule has 29 heavy (non-hydrogen) atoms. The number of thiophene rings is 1. The maximum absolute atomic E-state index is 13.1. The quantitative estimate of drug-likeness (QED) is 0.704. The third-order valence-electron chi connectivity index (χ3n) is 5.38. The lowest BCUT2D eigenvalue weighted by Gasteiger charge is -2.23. The van der Waals surface area contributed by atoms with Gasteiger partial charge in [-0.1, -0.05) is 30.3 Å². The third-order valence-corrected chi connectivity index (χ3v) is 6.30. The molecule has 0 radical (unpaired) electrons. The normalized spacial score (nSPS) is 17.4. The van der Waals surface area contributed by atoms with E-state index in [9.17, 15) is 9.59 Å². The first-order chi connectivity index (χ1) is 14.2. The molecule has 4 rings (SSSR count). The van der Waals surface area contributed by atoms with Gasteiger partial charge < -0.3 is 9.80 Å². The zero-order chi connectivity index (χ0) is 20.2. The number of hydrogen-bond acceptors (Lipinski definition) is 4. The van der Waals surface area contributed by atoms with Crippen LogP contribution in [0.2, 0.25) is 0 Å². The molecular formula is C22H24N4O2S. The summed E-state index contributed by atoms with van der Waals surface area (Å²) in [5, 5.41) is 8.68. The van der Waals surface area contributed by atoms with E-state index in [-0.39, 0.29) is 17.7 Å². The summed E-state index contributed by atoms with van der Waals surface area (Å²) in [5.41, 5.74) is 2.75. The van der Waals surface area contributed by atoms with Crippen LogP contribution in [0, 0.1) is 5.92 Å². The Morgan fingerprint density at radius 2 is 2.03 bits per heavy atom. The van der Waals surface area contributed by atoms with Gasteiger partial charge in [-0.2, -0.15) is 5.10 Å². The number of nitrogens with zero attached hydrogens (tertiary/aromatic N) is 3. The van der Waals surface area contributed by atoms with Gasteiger partial charge in [-0.15, -0.1) is 11.3 Å². The molecule has 0 aliphatic carbocycles. The minimum Gasteiger partial charge on any atom is -0.341 e. The maximum Gasteiger partial charge on any atom is 0.271 e. The molecule has 150 valence electrons. The maximum atomic E-state index is 13.1. The molecule has 0 bridgehead atoms. The highest BCUT2D eigenvalue weighted by atomic mass is 32.1. The van der Waals surface area contributed by atoms with Gasteiger partial charge in [-0.25, -0.2) is 0 Å². The van der Waals surface area contributed by atoms with Crippen LogP contribution in [-0.2, 0) is 11.2 Å². The van der Waals surface area contributed by atoms with Crippen molar-refractivity contribution in [2.75, 3.05) is 26.2 Å². The van der Waals surface area contributed by atoms with E-state index in [1.807, 2.05) is 17.9 Å². The Labute approximate surface area is 174 Å². The number of aromatic nitrogens is 2. The second-order valence-electron chi connectivity index (χ2n) is 7.21. The van der Waals surface area contributed by atoms with Gasteiger partial charge in [0.1, 0.15) is 5.69 Å². The minimum atomic E-state index is -0.253. The van der Waals surface area contributed by atoms with Crippen LogP contribution >= 0.6 is 11.3 Å². The van der Waals surface area contributed by atoms with E-state index in [1.165, 1.54) is 10.4 Å². The van der Waals surface area contributed by atoms with Crippen LogP contribution < -0.4 is 0 Å². The summed E-state index contributed by atoms with van der Waals surface area (Å²) in [4.78, 5) is 30.7. The Balaban J connectivity index is 1.52. The molecule has 3 heterocycles. The van der Waals surface area contributed by atoms with Gasteiger partial charge in [0.2, 0.25) is 5.91 Å². The number of aromatic amines is 1. The molecule has 1 atom stereocenters. The SMILES string of the molecule is CCN1CCN(C(=O)c2ccn[nH]2)C[C@H](Cc2ccc(-c3cccs3)cc2)C1=O. The molecule has 1 fully saturated rings. The highest BCUT2D eigenvalue weighted by molar-refractivity contribution is 7.13. The standard InChI is InChI=1S/C22H24N4O2S/c1-2-25-11-12-26(22(28)19-9-10-23-24-19)15-18(21(25)27)14-16-5-7-17(8-6-16)20-4-3-13-29-20/h3-10,13,18H,2,11-12,14-15H2,1H3,(H,23,24)/t18-/m0/s1. The Bertz CT molecular complexity index is 951. The predicted molar refractivity (Wildman–Crippen MR) is 114 cm³/mol. The molecule has 1 aromatic carbocycles. The average Bonchev–Trinajstić information content (AvgIpc) is 3.44. The summed E-state index contributed by atoms with van der Waals surface area (Å²) < 4.78 is 0. The van der Waals surface area contributed by atoms with Crippen molar-refractivity contribution in [3.63, 3.8) is 0 Å². The summed E-state index contributed by atoms with van der Waals surface area (Å²) in [6.45, 7) is 4.14. The van der Waals surface area contributed by atoms with Crippen molar-refractivity contribution in [2.24, 2.45) is 5.92 Å². The summed E-state index contributed by atoms with van der Waals surface area (Å²) in [6, 6.07) is 14.2. The van der Waals surface area contributed by atoms with Gasteiger partial charge >= 0.3 is 0 Å². The zero-order valence-corrected chi connectivity index (χ0v) is 17.2. The fourth-order valence-corrected chi connectivity index (χ4v) is 4.51. The fraction of sp³-hybridized carbons (Fsp3) is 0.318. The number of carbonyl (C=O) groups is 2. The summed E-state index contributed by atoms with van der Waals surface area (Å²) in [5.74, 6) is -0.238. The largest absolute Gasteiger partial charge is 0.341 e. The van der Waals surface area contributed by atoms with Crippen molar-refractivity contribution < 1.29 is 9.59 Å². The van der Waals surface area contributed by atoms with Crippen molar-refractivity contribution in [3.8, 4) is 10.4 Å². The van der Waals surface area contributed by atoms with Crippen molar-refractivity contribution >= 4 is 23.2 Å². The topological polar surface area (TPSA) is 69.3 Å². The summed E-state index contributed by atoms with van der Waals surface area (Å²) in [7, 11) is 0. The molecule has 0 unspecified atom stereocenters. The van der Waals surface area contributed by atoms with Crippen molar-refractivity contribution in [1.29, 1.82) is 0 Å². The monoisotopic (exact) mass is 408 g/mol. The molecule has 2 aromatic heterocycles. The van der Waals surface area contributed by atoms with E-state index in [1.54, 1.807) is 28.5 Å². The number of likely N-dealkylation sites (N-methyl/N-ethyl adjacent to an activating group) is 1. The van der Waals surface area contributed by atoms with Crippen LogP contribution in [0.5, 0.6) is 0 Å². The lowest BCUT2D eigenvalue weighted by Crippen LogP contribution is -2.38. The van der Waals surface area contributed by atoms with Crippen molar-refractivity contribution in [2.45, 2.75) is 13.3 Å². The van der Waals surface area contributed by atoms with E-state index in [0.29, 0.717) is 38.3 Å². The lowest BCUT2D eigenvalue weighted by atomic mass is 9.96. The number of rotatable bonds is 5. The first kappa shape index (κ1) is 19.4. The molecule has 2 amide bonds. The molecular weight excluding hydrogens is 384 g/mol. The van der Waals surface area contributed by atoms with Crippen LogP contribution in [0.15, 0.2) is 54.0 Å². The number of hydrogen-bond donors (Lipinski definition) is 1. The molecule has 7 heteroatoms. The zero-order valence-electron chi connectivity index (χ0n) is 16.4. The highest BCUT2D eigenvalue weighted by Crippen LogP contribution is 2.26. The predicted octanol–water partition coefficient (Wildman–Crippen LogP) is 3.30. The molecule has 3 aromatic rings. The van der Waals surface area contributed by atoms with Crippen molar-refractivity contribution in [1.82, 2.24) is 20.0 Å². The Morgan fingerprint density at radius 3 is 2.69 bits per heavy atom. The second kappa shape index (κ2) is 8.61. The fourth-order valence-electron chi connectivity index (χ4n) is 3.77. The molecule has 6 nitrogen and oxygen atoms in total. The van der Waals surface area contributed by atoms with E-state index in [2.05, 4.69) is 45.9 Å². The van der Waals surface area contributed by atoms with Gasteiger partial charge in [-0.05, 0) is 42.0 Å². The molecule has 0 saturated carbocycles. The second-order valence-corrected chi connectivity index (χ2v) is 8.16.